The van der Waals surface area contributed by atoms with Crippen LogP contribution in [0.25, 0.3) is 0 Å². The van der Waals surface area contributed by atoms with Gasteiger partial charge in [0, 0.05) is 29.5 Å². The Kier molecular flexibility index (Phi) is 5.42. The van der Waals surface area contributed by atoms with Crippen molar-refractivity contribution in [1.29, 1.82) is 0 Å². The van der Waals surface area contributed by atoms with Gasteiger partial charge in [-0.25, -0.2) is 9.97 Å². The zero-order valence-electron chi connectivity index (χ0n) is 15.4. The smallest absolute Gasteiger partial charge is 0.227 e. The van der Waals surface area contributed by atoms with Gasteiger partial charge in [0.2, 0.25) is 5.91 Å². The Morgan fingerprint density at radius 2 is 1.92 bits per heavy atom. The van der Waals surface area contributed by atoms with Crippen molar-refractivity contribution in [3.8, 4) is 0 Å². The first-order valence-corrected chi connectivity index (χ1v) is 10.0. The highest BCUT2D eigenvalue weighted by molar-refractivity contribution is 7.98. The van der Waals surface area contributed by atoms with Crippen molar-refractivity contribution in [2.45, 2.75) is 57.7 Å². The third-order valence-corrected chi connectivity index (χ3v) is 5.51. The number of hydrogen-bond acceptors (Lipinski definition) is 4. The molecule has 1 aromatic carbocycles. The molecule has 0 bridgehead atoms. The summed E-state index contributed by atoms with van der Waals surface area (Å²) < 4.78 is 0. The van der Waals surface area contributed by atoms with Crippen molar-refractivity contribution in [1.82, 2.24) is 9.97 Å². The number of benzene rings is 1. The van der Waals surface area contributed by atoms with E-state index in [1.807, 2.05) is 31.1 Å². The number of para-hydroxylation sites is 1. The Morgan fingerprint density at radius 3 is 2.60 bits per heavy atom. The number of amides is 1. The summed E-state index contributed by atoms with van der Waals surface area (Å²) >= 11 is 1.55. The molecule has 4 nitrogen and oxygen atoms in total. The molecule has 1 amide bonds. The van der Waals surface area contributed by atoms with E-state index in [9.17, 15) is 4.79 Å². The average molecular weight is 356 g/mol. The minimum atomic E-state index is 0.187. The van der Waals surface area contributed by atoms with Gasteiger partial charge in [0.15, 0.2) is 5.16 Å². The molecular formula is C20H25N3OS. The lowest BCUT2D eigenvalue weighted by Crippen LogP contribution is -2.42. The maximum Gasteiger partial charge on any atom is 0.227 e. The van der Waals surface area contributed by atoms with Crippen LogP contribution in [-0.2, 0) is 17.6 Å². The molecule has 2 aromatic rings. The third-order valence-electron chi connectivity index (χ3n) is 4.96. The molecule has 1 unspecified atom stereocenters. The fraction of sp³-hybridized carbons (Fsp3) is 0.450. The molecule has 132 valence electrons. The summed E-state index contributed by atoms with van der Waals surface area (Å²) in [5, 5.41) is 0.795. The van der Waals surface area contributed by atoms with Crippen LogP contribution in [0.5, 0.6) is 0 Å². The van der Waals surface area contributed by atoms with Crippen molar-refractivity contribution >= 4 is 23.4 Å². The number of thioether (sulfide) groups is 1. The lowest BCUT2D eigenvalue weighted by atomic mass is 9.95. The first-order valence-electron chi connectivity index (χ1n) is 8.79. The molecule has 0 radical (unpaired) electrons. The Hall–Kier alpha value is -1.88. The molecule has 0 N–H and O–H groups in total. The van der Waals surface area contributed by atoms with Crippen LogP contribution in [0, 0.1) is 13.8 Å². The minimum absolute atomic E-state index is 0.187. The summed E-state index contributed by atoms with van der Waals surface area (Å²) in [6.07, 6.45) is 5.22. The summed E-state index contributed by atoms with van der Waals surface area (Å²) in [4.78, 5) is 24.0. The summed E-state index contributed by atoms with van der Waals surface area (Å²) in [5.74, 6) is 0.187. The highest BCUT2D eigenvalue weighted by Gasteiger charge is 2.27. The van der Waals surface area contributed by atoms with Crippen LogP contribution in [0.1, 0.15) is 42.3 Å². The van der Waals surface area contributed by atoms with E-state index in [2.05, 4.69) is 35.1 Å². The molecule has 3 rings (SSSR count). The van der Waals surface area contributed by atoms with E-state index in [0.717, 1.165) is 40.6 Å². The highest BCUT2D eigenvalue weighted by atomic mass is 32.2. The monoisotopic (exact) mass is 355 g/mol. The van der Waals surface area contributed by atoms with Crippen molar-refractivity contribution < 1.29 is 4.79 Å². The number of aryl methyl sites for hydroxylation is 3. The van der Waals surface area contributed by atoms with E-state index in [1.165, 1.54) is 5.56 Å². The van der Waals surface area contributed by atoms with Crippen LogP contribution < -0.4 is 4.90 Å². The molecule has 0 saturated heterocycles. The summed E-state index contributed by atoms with van der Waals surface area (Å²) in [6, 6.07) is 8.51. The summed E-state index contributed by atoms with van der Waals surface area (Å²) in [5.41, 5.74) is 5.42. The standard InChI is InChI=1S/C20H25N3OS/c1-13-9-10-16-7-5-6-8-18(16)23(13)19(24)12-11-17-14(2)21-20(25-4)22-15(17)3/h5-8,13H,9-12H2,1-4H3. The van der Waals surface area contributed by atoms with Gasteiger partial charge in [-0.15, -0.1) is 0 Å². The van der Waals surface area contributed by atoms with E-state index >= 15 is 0 Å². The second-order valence-corrected chi connectivity index (χ2v) is 7.41. The molecule has 1 aromatic heterocycles. The fourth-order valence-corrected chi connectivity index (χ4v) is 4.04. The molecule has 0 fully saturated rings. The zero-order chi connectivity index (χ0) is 18.0. The quantitative estimate of drug-likeness (QED) is 0.611. The molecule has 1 aliphatic rings. The van der Waals surface area contributed by atoms with Gasteiger partial charge in [-0.05, 0) is 63.5 Å². The number of rotatable bonds is 4. The van der Waals surface area contributed by atoms with Gasteiger partial charge in [0.1, 0.15) is 0 Å². The topological polar surface area (TPSA) is 46.1 Å². The van der Waals surface area contributed by atoms with Crippen molar-refractivity contribution in [3.05, 3.63) is 46.8 Å². The van der Waals surface area contributed by atoms with Crippen LogP contribution in [-0.4, -0.2) is 28.2 Å². The first-order chi connectivity index (χ1) is 12.0. The van der Waals surface area contributed by atoms with Crippen molar-refractivity contribution in [2.75, 3.05) is 11.2 Å². The molecular weight excluding hydrogens is 330 g/mol. The largest absolute Gasteiger partial charge is 0.309 e. The molecule has 0 aliphatic carbocycles. The second kappa shape index (κ2) is 7.56. The Balaban J connectivity index is 1.78. The normalized spacial score (nSPS) is 16.6. The Morgan fingerprint density at radius 1 is 1.24 bits per heavy atom. The second-order valence-electron chi connectivity index (χ2n) is 6.64. The molecule has 1 aliphatic heterocycles. The highest BCUT2D eigenvalue weighted by Crippen LogP contribution is 2.31. The van der Waals surface area contributed by atoms with Gasteiger partial charge in [-0.3, -0.25) is 4.79 Å². The lowest BCUT2D eigenvalue weighted by molar-refractivity contribution is -0.119. The summed E-state index contributed by atoms with van der Waals surface area (Å²) in [7, 11) is 0. The van der Waals surface area contributed by atoms with Crippen molar-refractivity contribution in [2.24, 2.45) is 0 Å². The van der Waals surface area contributed by atoms with E-state index in [1.54, 1.807) is 11.8 Å². The number of hydrogen-bond donors (Lipinski definition) is 0. The molecule has 25 heavy (non-hydrogen) atoms. The molecule has 2 heterocycles. The number of fused-ring (bicyclic) bond motifs is 1. The van der Waals surface area contributed by atoms with E-state index < -0.39 is 0 Å². The van der Waals surface area contributed by atoms with Gasteiger partial charge in [0.25, 0.3) is 0 Å². The predicted molar refractivity (Wildman–Crippen MR) is 103 cm³/mol. The number of carbonyl (C=O) groups excluding carboxylic acids is 1. The maximum atomic E-state index is 13.0. The maximum absolute atomic E-state index is 13.0. The van der Waals surface area contributed by atoms with Gasteiger partial charge in [-0.1, -0.05) is 30.0 Å². The summed E-state index contributed by atoms with van der Waals surface area (Å²) in [6.45, 7) is 6.15. The number of anilines is 1. The van der Waals surface area contributed by atoms with Crippen LogP contribution in [0.15, 0.2) is 29.4 Å². The van der Waals surface area contributed by atoms with E-state index in [-0.39, 0.29) is 11.9 Å². The van der Waals surface area contributed by atoms with Crippen LogP contribution in [0.4, 0.5) is 5.69 Å². The number of carbonyl (C=O) groups is 1. The Labute approximate surface area is 154 Å². The SMILES string of the molecule is CSc1nc(C)c(CCC(=O)N2c3ccccc3CCC2C)c(C)n1. The number of aromatic nitrogens is 2. The molecule has 0 saturated carbocycles. The van der Waals surface area contributed by atoms with Crippen LogP contribution in [0.2, 0.25) is 0 Å². The minimum Gasteiger partial charge on any atom is -0.309 e. The molecule has 0 spiro atoms. The van der Waals surface area contributed by atoms with E-state index in [4.69, 9.17) is 0 Å². The third kappa shape index (κ3) is 3.71. The van der Waals surface area contributed by atoms with Gasteiger partial charge in [0.05, 0.1) is 0 Å². The van der Waals surface area contributed by atoms with Gasteiger partial charge >= 0.3 is 0 Å². The number of nitrogens with zero attached hydrogens (tertiary/aromatic N) is 3. The van der Waals surface area contributed by atoms with E-state index in [0.29, 0.717) is 12.8 Å². The average Bonchev–Trinajstić information content (AvgIpc) is 2.60. The lowest BCUT2D eigenvalue weighted by Gasteiger charge is -2.35. The zero-order valence-corrected chi connectivity index (χ0v) is 16.2. The van der Waals surface area contributed by atoms with Crippen LogP contribution >= 0.6 is 11.8 Å². The molecule has 5 heteroatoms. The van der Waals surface area contributed by atoms with Crippen molar-refractivity contribution in [3.63, 3.8) is 0 Å². The van der Waals surface area contributed by atoms with Gasteiger partial charge in [-0.2, -0.15) is 0 Å². The Bertz CT molecular complexity index is 767. The van der Waals surface area contributed by atoms with Crippen LogP contribution in [0.3, 0.4) is 0 Å². The fourth-order valence-electron chi connectivity index (χ4n) is 3.58. The molecule has 1 atom stereocenters. The predicted octanol–water partition coefficient (Wildman–Crippen LogP) is 4.12. The van der Waals surface area contributed by atoms with Gasteiger partial charge < -0.3 is 4.90 Å². The first kappa shape index (κ1) is 17.9.